The maximum atomic E-state index is 11.4. The molecule has 0 bridgehead atoms. The van der Waals surface area contributed by atoms with Gasteiger partial charge in [0.15, 0.2) is 5.65 Å². The number of halogens is 1. The summed E-state index contributed by atoms with van der Waals surface area (Å²) in [5.74, 6) is 0.761. The lowest BCUT2D eigenvalue weighted by molar-refractivity contribution is -0.120. The van der Waals surface area contributed by atoms with Gasteiger partial charge in [-0.2, -0.15) is 0 Å². The first-order valence-corrected chi connectivity index (χ1v) is 11.9. The summed E-state index contributed by atoms with van der Waals surface area (Å²) in [4.78, 5) is 26.4. The lowest BCUT2D eigenvalue weighted by Gasteiger charge is -2.35. The van der Waals surface area contributed by atoms with Crippen molar-refractivity contribution in [2.75, 3.05) is 37.3 Å². The van der Waals surface area contributed by atoms with Crippen LogP contribution in [0.5, 0.6) is 0 Å². The number of nitrogens with zero attached hydrogens (tertiary/aromatic N) is 3. The van der Waals surface area contributed by atoms with E-state index in [0.29, 0.717) is 35.7 Å². The number of carbonyl (C=O) groups excluding carboxylic acids is 1. The monoisotopic (exact) mass is 469 g/mol. The number of benzene rings is 1. The highest BCUT2D eigenvalue weighted by Gasteiger charge is 2.23. The SMILES string of the molecule is CNC(=O)CCNc1ccc(-c2nc3ncc(Cl)c(NC4CCN(C(C)C)CC4)c3[nH]2)cc1. The number of fused-ring (bicyclic) bond motifs is 1. The molecule has 8 nitrogen and oxygen atoms in total. The number of carbonyl (C=O) groups is 1. The molecule has 176 valence electrons. The van der Waals surface area contributed by atoms with Gasteiger partial charge in [-0.05, 0) is 51.0 Å². The molecule has 0 spiro atoms. The van der Waals surface area contributed by atoms with E-state index < -0.39 is 0 Å². The molecule has 0 radical (unpaired) electrons. The third-order valence-electron chi connectivity index (χ3n) is 6.20. The minimum Gasteiger partial charge on any atom is -0.385 e. The Morgan fingerprint density at radius 2 is 1.97 bits per heavy atom. The zero-order chi connectivity index (χ0) is 23.4. The number of amides is 1. The summed E-state index contributed by atoms with van der Waals surface area (Å²) < 4.78 is 0. The van der Waals surface area contributed by atoms with Crippen LogP contribution in [-0.4, -0.2) is 64.5 Å². The highest BCUT2D eigenvalue weighted by Crippen LogP contribution is 2.32. The van der Waals surface area contributed by atoms with Crippen LogP contribution in [0.3, 0.4) is 0 Å². The van der Waals surface area contributed by atoms with Gasteiger partial charge in [-0.25, -0.2) is 9.97 Å². The van der Waals surface area contributed by atoms with Gasteiger partial charge in [-0.3, -0.25) is 4.79 Å². The molecule has 4 rings (SSSR count). The van der Waals surface area contributed by atoms with Crippen LogP contribution in [0.25, 0.3) is 22.6 Å². The highest BCUT2D eigenvalue weighted by molar-refractivity contribution is 6.34. The maximum Gasteiger partial charge on any atom is 0.221 e. The number of hydrogen-bond donors (Lipinski definition) is 4. The van der Waals surface area contributed by atoms with Gasteiger partial charge >= 0.3 is 0 Å². The van der Waals surface area contributed by atoms with Crippen molar-refractivity contribution < 1.29 is 4.79 Å². The Bertz CT molecular complexity index is 1090. The Morgan fingerprint density at radius 1 is 1.24 bits per heavy atom. The van der Waals surface area contributed by atoms with Crippen molar-refractivity contribution in [2.45, 2.75) is 45.2 Å². The Kier molecular flexibility index (Phi) is 7.35. The number of likely N-dealkylation sites (tertiary alicyclic amines) is 1. The first-order valence-electron chi connectivity index (χ1n) is 11.5. The molecule has 3 aromatic rings. The summed E-state index contributed by atoms with van der Waals surface area (Å²) in [5.41, 5.74) is 4.25. The lowest BCUT2D eigenvalue weighted by Crippen LogP contribution is -2.42. The molecule has 1 fully saturated rings. The van der Waals surface area contributed by atoms with Gasteiger partial charge in [0, 0.05) is 56.4 Å². The van der Waals surface area contributed by atoms with E-state index in [4.69, 9.17) is 16.6 Å². The van der Waals surface area contributed by atoms with Crippen LogP contribution < -0.4 is 16.0 Å². The molecule has 2 aromatic heterocycles. The molecule has 1 saturated heterocycles. The number of H-pyrrole nitrogens is 1. The number of aromatic amines is 1. The average molecular weight is 470 g/mol. The number of hydrogen-bond acceptors (Lipinski definition) is 6. The molecular formula is C24H32ClN7O. The van der Waals surface area contributed by atoms with Crippen molar-refractivity contribution >= 4 is 40.0 Å². The van der Waals surface area contributed by atoms with E-state index in [2.05, 4.69) is 44.7 Å². The third-order valence-corrected chi connectivity index (χ3v) is 6.49. The smallest absolute Gasteiger partial charge is 0.221 e. The second-order valence-electron chi connectivity index (χ2n) is 8.74. The van der Waals surface area contributed by atoms with E-state index >= 15 is 0 Å². The van der Waals surface area contributed by atoms with Gasteiger partial charge in [0.1, 0.15) is 11.3 Å². The van der Waals surface area contributed by atoms with Crippen LogP contribution >= 0.6 is 11.6 Å². The summed E-state index contributed by atoms with van der Waals surface area (Å²) in [7, 11) is 1.64. The fourth-order valence-corrected chi connectivity index (χ4v) is 4.36. The lowest BCUT2D eigenvalue weighted by atomic mass is 10.0. The molecular weight excluding hydrogens is 438 g/mol. The fraction of sp³-hybridized carbons (Fsp3) is 0.458. The van der Waals surface area contributed by atoms with E-state index in [1.807, 2.05) is 24.3 Å². The van der Waals surface area contributed by atoms with Crippen LogP contribution in [0.2, 0.25) is 5.02 Å². The minimum atomic E-state index is 0.0162. The molecule has 1 amide bonds. The highest BCUT2D eigenvalue weighted by atomic mass is 35.5. The Morgan fingerprint density at radius 3 is 2.64 bits per heavy atom. The summed E-state index contributed by atoms with van der Waals surface area (Å²) in [6.45, 7) is 7.24. The quantitative estimate of drug-likeness (QED) is 0.396. The van der Waals surface area contributed by atoms with Crippen LogP contribution in [0.1, 0.15) is 33.1 Å². The predicted molar refractivity (Wildman–Crippen MR) is 135 cm³/mol. The van der Waals surface area contributed by atoms with Crippen LogP contribution in [0.4, 0.5) is 11.4 Å². The molecule has 1 aliphatic rings. The first-order chi connectivity index (χ1) is 15.9. The number of piperidine rings is 1. The molecule has 0 aliphatic carbocycles. The van der Waals surface area contributed by atoms with Crippen molar-refractivity contribution in [3.8, 4) is 11.4 Å². The van der Waals surface area contributed by atoms with Crippen molar-refractivity contribution in [1.82, 2.24) is 25.2 Å². The minimum absolute atomic E-state index is 0.0162. The van der Waals surface area contributed by atoms with Gasteiger partial charge in [0.2, 0.25) is 5.91 Å². The average Bonchev–Trinajstić information content (AvgIpc) is 3.26. The zero-order valence-corrected chi connectivity index (χ0v) is 20.2. The van der Waals surface area contributed by atoms with Gasteiger partial charge in [0.05, 0.1) is 16.9 Å². The van der Waals surface area contributed by atoms with E-state index in [-0.39, 0.29) is 5.91 Å². The largest absolute Gasteiger partial charge is 0.385 e. The molecule has 0 atom stereocenters. The van der Waals surface area contributed by atoms with Crippen LogP contribution in [0.15, 0.2) is 30.5 Å². The normalized spacial score (nSPS) is 15.2. The zero-order valence-electron chi connectivity index (χ0n) is 19.4. The van der Waals surface area contributed by atoms with Gasteiger partial charge in [-0.1, -0.05) is 11.6 Å². The number of nitrogens with one attached hydrogen (secondary N) is 4. The summed E-state index contributed by atoms with van der Waals surface area (Å²) in [6, 6.07) is 8.90. The summed E-state index contributed by atoms with van der Waals surface area (Å²) in [5, 5.41) is 10.1. The summed E-state index contributed by atoms with van der Waals surface area (Å²) >= 11 is 6.54. The molecule has 1 aliphatic heterocycles. The van der Waals surface area contributed by atoms with Crippen molar-refractivity contribution in [3.05, 3.63) is 35.5 Å². The van der Waals surface area contributed by atoms with Gasteiger partial charge < -0.3 is 25.8 Å². The Labute approximate surface area is 199 Å². The number of anilines is 2. The molecule has 33 heavy (non-hydrogen) atoms. The Balaban J connectivity index is 1.47. The van der Waals surface area contributed by atoms with Crippen molar-refractivity contribution in [1.29, 1.82) is 0 Å². The number of imidazole rings is 1. The maximum absolute atomic E-state index is 11.4. The van der Waals surface area contributed by atoms with Gasteiger partial charge in [0.25, 0.3) is 0 Å². The van der Waals surface area contributed by atoms with Gasteiger partial charge in [-0.15, -0.1) is 0 Å². The first kappa shape index (κ1) is 23.3. The van der Waals surface area contributed by atoms with Crippen molar-refractivity contribution in [2.24, 2.45) is 0 Å². The number of aromatic nitrogens is 3. The van der Waals surface area contributed by atoms with Crippen LogP contribution in [-0.2, 0) is 4.79 Å². The van der Waals surface area contributed by atoms with E-state index in [0.717, 1.165) is 54.2 Å². The predicted octanol–water partition coefficient (Wildman–Crippen LogP) is 4.11. The van der Waals surface area contributed by atoms with E-state index in [1.54, 1.807) is 13.2 Å². The topological polar surface area (TPSA) is 98.0 Å². The van der Waals surface area contributed by atoms with Crippen molar-refractivity contribution in [3.63, 3.8) is 0 Å². The molecule has 3 heterocycles. The summed E-state index contributed by atoms with van der Waals surface area (Å²) in [6.07, 6.45) is 4.25. The molecule has 4 N–H and O–H groups in total. The second kappa shape index (κ2) is 10.4. The fourth-order valence-electron chi connectivity index (χ4n) is 4.17. The molecule has 9 heteroatoms. The van der Waals surface area contributed by atoms with E-state index in [9.17, 15) is 4.79 Å². The molecule has 0 saturated carbocycles. The third kappa shape index (κ3) is 5.57. The van der Waals surface area contributed by atoms with Crippen LogP contribution in [0, 0.1) is 0 Å². The molecule has 1 aromatic carbocycles. The number of rotatable bonds is 8. The number of pyridine rings is 1. The second-order valence-corrected chi connectivity index (χ2v) is 9.15. The Hall–Kier alpha value is -2.84. The standard InChI is InChI=1S/C24H32ClN7O/c1-15(2)32-12-9-18(10-13-32)29-21-19(25)14-28-24-22(21)30-23(31-24)16-4-6-17(7-5-16)27-11-8-20(33)26-3/h4-7,14-15,18,27H,8-13H2,1-3H3,(H,26,33)(H2,28,29,30,31). The van der Waals surface area contributed by atoms with E-state index in [1.165, 1.54) is 0 Å². The molecule has 0 unspecified atom stereocenters.